The Labute approximate surface area is 123 Å². The van der Waals surface area contributed by atoms with Crippen molar-refractivity contribution in [1.29, 1.82) is 0 Å². The van der Waals surface area contributed by atoms with Crippen LogP contribution in [0.2, 0.25) is 25.7 Å². The van der Waals surface area contributed by atoms with Gasteiger partial charge in [0.1, 0.15) is 18.4 Å². The van der Waals surface area contributed by atoms with Crippen LogP contribution >= 0.6 is 0 Å². The number of ether oxygens (including phenoxy) is 1. The molecule has 7 heteroatoms. The van der Waals surface area contributed by atoms with E-state index in [1.54, 1.807) is 0 Å². The molecule has 0 atom stereocenters. The van der Waals surface area contributed by atoms with Gasteiger partial charge in [-0.15, -0.1) is 0 Å². The molecule has 0 radical (unpaired) electrons. The van der Waals surface area contributed by atoms with Crippen LogP contribution in [-0.4, -0.2) is 29.3 Å². The molecule has 0 bridgehead atoms. The van der Waals surface area contributed by atoms with Crippen molar-refractivity contribution < 1.29 is 14.2 Å². The Hall–Kier alpha value is -1.73. The molecule has 114 valence electrons. The van der Waals surface area contributed by atoms with E-state index < -0.39 is 25.2 Å². The lowest BCUT2D eigenvalue weighted by molar-refractivity contribution is 0.0844. The first-order chi connectivity index (χ1) is 9.79. The monoisotopic (exact) mass is 310 g/mol. The second-order valence-corrected chi connectivity index (χ2v) is 11.8. The van der Waals surface area contributed by atoms with Crippen molar-refractivity contribution in [2.75, 3.05) is 6.61 Å². The maximum atomic E-state index is 13.8. The van der Waals surface area contributed by atoms with Crippen LogP contribution in [0.3, 0.4) is 0 Å². The molecule has 0 saturated carbocycles. The zero-order valence-electron chi connectivity index (χ0n) is 12.4. The van der Waals surface area contributed by atoms with Crippen molar-refractivity contribution in [3.63, 3.8) is 0 Å². The SMILES string of the molecule is C[Si](C)(C)CCOCn1cnc2ccc(O)c(F)c2c1=O. The van der Waals surface area contributed by atoms with Crippen molar-refractivity contribution >= 4 is 19.0 Å². The predicted molar refractivity (Wildman–Crippen MR) is 81.7 cm³/mol. The molecule has 0 spiro atoms. The third kappa shape index (κ3) is 3.67. The number of hydrogen-bond donors (Lipinski definition) is 1. The first kappa shape index (κ1) is 15.7. The molecule has 0 unspecified atom stereocenters. The van der Waals surface area contributed by atoms with E-state index in [4.69, 9.17) is 4.74 Å². The number of fused-ring (bicyclic) bond motifs is 1. The Morgan fingerprint density at radius 2 is 2.10 bits per heavy atom. The zero-order chi connectivity index (χ0) is 15.6. The average Bonchev–Trinajstić information content (AvgIpc) is 2.39. The van der Waals surface area contributed by atoms with Gasteiger partial charge in [-0.25, -0.2) is 9.37 Å². The first-order valence-corrected chi connectivity index (χ1v) is 10.4. The van der Waals surface area contributed by atoms with Crippen LogP contribution in [-0.2, 0) is 11.5 Å². The van der Waals surface area contributed by atoms with Crippen LogP contribution in [0, 0.1) is 5.82 Å². The summed E-state index contributed by atoms with van der Waals surface area (Å²) in [6.07, 6.45) is 1.33. The highest BCUT2D eigenvalue weighted by Gasteiger charge is 2.14. The van der Waals surface area contributed by atoms with Gasteiger partial charge in [0.05, 0.1) is 5.52 Å². The number of halogens is 1. The Morgan fingerprint density at radius 3 is 2.76 bits per heavy atom. The van der Waals surface area contributed by atoms with E-state index in [1.165, 1.54) is 23.0 Å². The van der Waals surface area contributed by atoms with Crippen molar-refractivity contribution in [2.45, 2.75) is 32.4 Å². The lowest BCUT2D eigenvalue weighted by Crippen LogP contribution is -2.25. The summed E-state index contributed by atoms with van der Waals surface area (Å²) in [7, 11) is -1.19. The smallest absolute Gasteiger partial charge is 0.266 e. The number of benzene rings is 1. The maximum Gasteiger partial charge on any atom is 0.266 e. The molecule has 1 aromatic heterocycles. The quantitative estimate of drug-likeness (QED) is 0.681. The number of phenols is 1. The Kier molecular flexibility index (Phi) is 4.43. The van der Waals surface area contributed by atoms with Gasteiger partial charge in [-0.2, -0.15) is 0 Å². The zero-order valence-corrected chi connectivity index (χ0v) is 13.4. The molecule has 2 rings (SSSR count). The van der Waals surface area contributed by atoms with Crippen molar-refractivity contribution in [2.24, 2.45) is 0 Å². The summed E-state index contributed by atoms with van der Waals surface area (Å²) in [6, 6.07) is 3.57. The molecular formula is C14H19FN2O3Si. The van der Waals surface area contributed by atoms with Crippen LogP contribution in [0.4, 0.5) is 4.39 Å². The van der Waals surface area contributed by atoms with Crippen LogP contribution in [0.15, 0.2) is 23.3 Å². The minimum atomic E-state index is -1.19. The fourth-order valence-corrected chi connectivity index (χ4v) is 2.58. The third-order valence-corrected chi connectivity index (χ3v) is 4.84. The lowest BCUT2D eigenvalue weighted by atomic mass is 10.2. The molecule has 0 saturated heterocycles. The largest absolute Gasteiger partial charge is 0.505 e. The van der Waals surface area contributed by atoms with Crippen molar-refractivity contribution in [3.8, 4) is 5.75 Å². The highest BCUT2D eigenvalue weighted by Crippen LogP contribution is 2.21. The molecule has 0 aliphatic rings. The molecule has 2 aromatic rings. The fraction of sp³-hybridized carbons (Fsp3) is 0.429. The molecule has 5 nitrogen and oxygen atoms in total. The van der Waals surface area contributed by atoms with Gasteiger partial charge >= 0.3 is 0 Å². The van der Waals surface area contributed by atoms with Gasteiger partial charge in [0.25, 0.3) is 5.56 Å². The number of aromatic hydroxyl groups is 1. The van der Waals surface area contributed by atoms with Crippen LogP contribution < -0.4 is 5.56 Å². The van der Waals surface area contributed by atoms with Crippen LogP contribution in [0.5, 0.6) is 5.75 Å². The van der Waals surface area contributed by atoms with Gasteiger partial charge in [-0.3, -0.25) is 9.36 Å². The Balaban J connectivity index is 2.20. The predicted octanol–water partition coefficient (Wildman–Crippen LogP) is 2.55. The van der Waals surface area contributed by atoms with Gasteiger partial charge in [0, 0.05) is 14.7 Å². The van der Waals surface area contributed by atoms with E-state index in [2.05, 4.69) is 24.6 Å². The Bertz CT molecular complexity index is 710. The molecular weight excluding hydrogens is 291 g/mol. The molecule has 1 aromatic carbocycles. The van der Waals surface area contributed by atoms with Crippen LogP contribution in [0.25, 0.3) is 10.9 Å². The molecule has 0 amide bonds. The Morgan fingerprint density at radius 1 is 1.38 bits per heavy atom. The van der Waals surface area contributed by atoms with Gasteiger partial charge < -0.3 is 9.84 Å². The second-order valence-electron chi connectivity index (χ2n) is 6.16. The van der Waals surface area contributed by atoms with Crippen molar-refractivity contribution in [1.82, 2.24) is 9.55 Å². The first-order valence-electron chi connectivity index (χ1n) is 6.74. The van der Waals surface area contributed by atoms with E-state index in [0.29, 0.717) is 6.61 Å². The number of aromatic nitrogens is 2. The average molecular weight is 310 g/mol. The summed E-state index contributed by atoms with van der Waals surface area (Å²) in [4.78, 5) is 16.2. The molecule has 21 heavy (non-hydrogen) atoms. The summed E-state index contributed by atoms with van der Waals surface area (Å²) >= 11 is 0. The van der Waals surface area contributed by atoms with Gasteiger partial charge in [0.15, 0.2) is 11.6 Å². The van der Waals surface area contributed by atoms with E-state index in [1.807, 2.05) is 0 Å². The number of rotatable bonds is 5. The summed E-state index contributed by atoms with van der Waals surface area (Å²) in [5, 5.41) is 9.14. The fourth-order valence-electron chi connectivity index (χ4n) is 1.83. The second kappa shape index (κ2) is 5.95. The summed E-state index contributed by atoms with van der Waals surface area (Å²) in [5.74, 6) is -1.50. The van der Waals surface area contributed by atoms with E-state index in [0.717, 1.165) is 6.04 Å². The molecule has 0 fully saturated rings. The topological polar surface area (TPSA) is 64.3 Å². The van der Waals surface area contributed by atoms with Gasteiger partial charge in [-0.05, 0) is 18.2 Å². The highest BCUT2D eigenvalue weighted by atomic mass is 28.3. The maximum absolute atomic E-state index is 13.8. The lowest BCUT2D eigenvalue weighted by Gasteiger charge is -2.15. The number of phenolic OH excluding ortho intramolecular Hbond substituents is 1. The summed E-state index contributed by atoms with van der Waals surface area (Å²) < 4.78 is 20.5. The van der Waals surface area contributed by atoms with E-state index in [-0.39, 0.29) is 17.6 Å². The van der Waals surface area contributed by atoms with E-state index in [9.17, 15) is 14.3 Å². The minimum Gasteiger partial charge on any atom is -0.505 e. The van der Waals surface area contributed by atoms with E-state index >= 15 is 0 Å². The highest BCUT2D eigenvalue weighted by molar-refractivity contribution is 6.76. The molecule has 0 aliphatic heterocycles. The molecule has 1 heterocycles. The van der Waals surface area contributed by atoms with Crippen LogP contribution in [0.1, 0.15) is 0 Å². The summed E-state index contributed by atoms with van der Waals surface area (Å²) in [6.45, 7) is 7.29. The van der Waals surface area contributed by atoms with Gasteiger partial charge in [-0.1, -0.05) is 19.6 Å². The summed E-state index contributed by atoms with van der Waals surface area (Å²) in [5.41, 5.74) is -0.338. The third-order valence-electron chi connectivity index (χ3n) is 3.14. The minimum absolute atomic E-state index is 0.0291. The van der Waals surface area contributed by atoms with Crippen molar-refractivity contribution in [3.05, 3.63) is 34.6 Å². The number of nitrogens with zero attached hydrogens (tertiary/aromatic N) is 2. The molecule has 1 N–H and O–H groups in total. The normalized spacial score (nSPS) is 12.0. The standard InChI is InChI=1S/C14H19FN2O3Si/c1-21(2,3)7-6-20-9-17-8-16-10-4-5-11(18)13(15)12(10)14(17)19/h4-5,8,18H,6-7,9H2,1-3H3. The number of hydrogen-bond acceptors (Lipinski definition) is 4. The van der Waals surface area contributed by atoms with Gasteiger partial charge in [0.2, 0.25) is 0 Å². The molecule has 0 aliphatic carbocycles.